The number of anilines is 2. The number of ether oxygens (including phenoxy) is 3. The van der Waals surface area contributed by atoms with Crippen molar-refractivity contribution in [1.29, 1.82) is 0 Å². The molecule has 4 aromatic rings. The monoisotopic (exact) mass is 598 g/mol. The molecule has 0 saturated heterocycles. The zero-order valence-electron chi connectivity index (χ0n) is 24.4. The van der Waals surface area contributed by atoms with Crippen molar-refractivity contribution in [2.24, 2.45) is 0 Å². The van der Waals surface area contributed by atoms with Gasteiger partial charge < -0.3 is 24.4 Å². The number of carbonyl (C=O) groups excluding carboxylic acids is 2. The van der Waals surface area contributed by atoms with Gasteiger partial charge >= 0.3 is 5.97 Å². The van der Waals surface area contributed by atoms with Crippen molar-refractivity contribution >= 4 is 23.1 Å². The molecule has 6 rings (SSSR count). The Labute approximate surface area is 254 Å². The molecule has 226 valence electrons. The topological polar surface area (TPSA) is 77.1 Å². The van der Waals surface area contributed by atoms with Crippen LogP contribution >= 0.6 is 0 Å². The minimum atomic E-state index is -1.37. The zero-order valence-corrected chi connectivity index (χ0v) is 24.4. The Balaban J connectivity index is 1.17. The number of para-hydroxylation sites is 2. The number of nitrogens with zero attached hydrogens (tertiary/aromatic N) is 1. The molecule has 0 aliphatic carbocycles. The second-order valence-corrected chi connectivity index (χ2v) is 11.3. The Kier molecular flexibility index (Phi) is 7.95. The van der Waals surface area contributed by atoms with E-state index in [1.807, 2.05) is 61.6 Å². The number of halogens is 2. The van der Waals surface area contributed by atoms with Gasteiger partial charge in [0.25, 0.3) is 0 Å². The van der Waals surface area contributed by atoms with Crippen molar-refractivity contribution in [3.05, 3.63) is 119 Å². The maximum absolute atomic E-state index is 15.3. The van der Waals surface area contributed by atoms with E-state index < -0.39 is 34.8 Å². The third-order valence-corrected chi connectivity index (χ3v) is 8.23. The summed E-state index contributed by atoms with van der Waals surface area (Å²) in [4.78, 5) is 29.0. The number of likely N-dealkylation sites (N-methyl/N-ethyl adjacent to an activating group) is 1. The van der Waals surface area contributed by atoms with Gasteiger partial charge in [0.15, 0.2) is 17.3 Å². The number of fused-ring (bicyclic) bond motifs is 2. The van der Waals surface area contributed by atoms with Gasteiger partial charge in [0.05, 0.1) is 18.7 Å². The highest BCUT2D eigenvalue weighted by Gasteiger charge is 2.49. The molecule has 44 heavy (non-hydrogen) atoms. The predicted molar refractivity (Wildman–Crippen MR) is 162 cm³/mol. The molecule has 0 saturated carbocycles. The van der Waals surface area contributed by atoms with Crippen LogP contribution < -0.4 is 19.7 Å². The minimum Gasteiger partial charge on any atom is -0.487 e. The minimum absolute atomic E-state index is 0.0115. The van der Waals surface area contributed by atoms with Crippen molar-refractivity contribution in [3.63, 3.8) is 0 Å². The van der Waals surface area contributed by atoms with E-state index in [0.717, 1.165) is 23.1 Å². The van der Waals surface area contributed by atoms with Gasteiger partial charge in [-0.2, -0.15) is 0 Å². The van der Waals surface area contributed by atoms with Crippen molar-refractivity contribution < 1.29 is 32.6 Å². The van der Waals surface area contributed by atoms with E-state index in [1.165, 1.54) is 30.3 Å². The Bertz CT molecular complexity index is 1700. The van der Waals surface area contributed by atoms with Crippen LogP contribution in [0.5, 0.6) is 11.5 Å². The summed E-state index contributed by atoms with van der Waals surface area (Å²) in [6.07, 6.45) is -0.500. The van der Waals surface area contributed by atoms with E-state index in [9.17, 15) is 14.0 Å². The van der Waals surface area contributed by atoms with Gasteiger partial charge in [0.1, 0.15) is 36.4 Å². The summed E-state index contributed by atoms with van der Waals surface area (Å²) in [6, 6.07) is 25.1. The van der Waals surface area contributed by atoms with E-state index in [0.29, 0.717) is 17.8 Å². The second kappa shape index (κ2) is 12.0. The quantitative estimate of drug-likeness (QED) is 0.174. The van der Waals surface area contributed by atoms with Crippen LogP contribution in [0.3, 0.4) is 0 Å². The third-order valence-electron chi connectivity index (χ3n) is 8.23. The van der Waals surface area contributed by atoms with Crippen LogP contribution in [0.1, 0.15) is 40.7 Å². The Hall–Kier alpha value is -4.92. The number of Topliss-reactive ketones (excluding diaryl/α,β-unsaturated/α-hetero) is 1. The van der Waals surface area contributed by atoms with E-state index >= 15 is 4.39 Å². The molecule has 0 bridgehead atoms. The lowest BCUT2D eigenvalue weighted by Gasteiger charge is -2.33. The number of ketones is 1. The van der Waals surface area contributed by atoms with Crippen molar-refractivity contribution in [2.45, 2.75) is 37.5 Å². The zero-order chi connectivity index (χ0) is 30.8. The Morgan fingerprint density at radius 1 is 1.00 bits per heavy atom. The fourth-order valence-electron chi connectivity index (χ4n) is 5.93. The Morgan fingerprint density at radius 3 is 2.57 bits per heavy atom. The lowest BCUT2D eigenvalue weighted by atomic mass is 9.77. The molecule has 4 aromatic carbocycles. The highest BCUT2D eigenvalue weighted by Crippen LogP contribution is 2.47. The highest BCUT2D eigenvalue weighted by atomic mass is 19.1. The fourth-order valence-corrected chi connectivity index (χ4v) is 5.93. The molecule has 0 spiro atoms. The molecule has 0 radical (unpaired) electrons. The standard InChI is InChI=1S/C35H32F2N2O5/c1-35(27(26-17-24(36)13-14-29(26)38-35)18-33(40)43-20-22-8-4-3-5-9-22)34(41)23-12-15-31(28(37)16-23)42-21-25-19-39(2)30-10-6-7-11-32(30)44-25/h3-17,25,27,38H,18-21H2,1-2H3/t25-,27?,35?/m0/s1. The SMILES string of the molecule is CN1C[C@@H](COc2ccc(C(=O)C3(C)Nc4ccc(F)cc4C3CC(=O)OCc3ccccc3)cc2F)Oc2ccccc21. The molecular weight excluding hydrogens is 566 g/mol. The second-order valence-electron chi connectivity index (χ2n) is 11.3. The maximum Gasteiger partial charge on any atom is 0.306 e. The lowest BCUT2D eigenvalue weighted by Crippen LogP contribution is -2.45. The molecule has 2 aliphatic rings. The number of hydrogen-bond acceptors (Lipinski definition) is 7. The Morgan fingerprint density at radius 2 is 1.77 bits per heavy atom. The summed E-state index contributed by atoms with van der Waals surface area (Å²) in [5.41, 5.74) is 1.52. The molecule has 0 amide bonds. The first-order chi connectivity index (χ1) is 21.2. The van der Waals surface area contributed by atoms with Gasteiger partial charge in [-0.15, -0.1) is 0 Å². The smallest absolute Gasteiger partial charge is 0.306 e. The number of rotatable bonds is 9. The summed E-state index contributed by atoms with van der Waals surface area (Å²) in [7, 11) is 1.95. The van der Waals surface area contributed by atoms with Gasteiger partial charge in [0, 0.05) is 24.2 Å². The molecule has 2 aliphatic heterocycles. The molecule has 3 atom stereocenters. The summed E-state index contributed by atoms with van der Waals surface area (Å²) >= 11 is 0. The van der Waals surface area contributed by atoms with Crippen molar-refractivity contribution in [3.8, 4) is 11.5 Å². The summed E-state index contributed by atoms with van der Waals surface area (Å²) in [5.74, 6) is -2.22. The number of carbonyl (C=O) groups is 2. The van der Waals surface area contributed by atoms with E-state index in [-0.39, 0.29) is 37.1 Å². The number of hydrogen-bond donors (Lipinski definition) is 1. The third kappa shape index (κ3) is 5.82. The molecule has 2 unspecified atom stereocenters. The summed E-state index contributed by atoms with van der Waals surface area (Å²) in [6.45, 7) is 2.38. The first-order valence-corrected chi connectivity index (χ1v) is 14.4. The van der Waals surface area contributed by atoms with Crippen LogP contribution in [0.15, 0.2) is 91.0 Å². The van der Waals surface area contributed by atoms with E-state index in [2.05, 4.69) is 10.2 Å². The molecule has 1 N–H and O–H groups in total. The van der Waals surface area contributed by atoms with Gasteiger partial charge in [-0.3, -0.25) is 9.59 Å². The van der Waals surface area contributed by atoms with Gasteiger partial charge in [0.2, 0.25) is 0 Å². The molecular formula is C35H32F2N2O5. The average molecular weight is 599 g/mol. The average Bonchev–Trinajstić information content (AvgIpc) is 3.30. The van der Waals surface area contributed by atoms with Crippen LogP contribution in [0, 0.1) is 11.6 Å². The number of nitrogens with one attached hydrogen (secondary N) is 1. The molecule has 0 aromatic heterocycles. The van der Waals surface area contributed by atoms with Crippen LogP contribution in [0.2, 0.25) is 0 Å². The fraction of sp³-hybridized carbons (Fsp3) is 0.257. The predicted octanol–water partition coefficient (Wildman–Crippen LogP) is 6.53. The normalized spacial score (nSPS) is 20.1. The number of esters is 1. The van der Waals surface area contributed by atoms with E-state index in [1.54, 1.807) is 6.92 Å². The molecule has 9 heteroatoms. The largest absolute Gasteiger partial charge is 0.487 e. The van der Waals surface area contributed by atoms with Gasteiger partial charge in [-0.1, -0.05) is 42.5 Å². The van der Waals surface area contributed by atoms with Crippen LogP contribution in [-0.2, 0) is 16.1 Å². The van der Waals surface area contributed by atoms with Crippen molar-refractivity contribution in [2.75, 3.05) is 30.4 Å². The first kappa shape index (κ1) is 29.2. The van der Waals surface area contributed by atoms with Crippen LogP contribution in [0.4, 0.5) is 20.2 Å². The van der Waals surface area contributed by atoms with Crippen molar-refractivity contribution in [1.82, 2.24) is 0 Å². The maximum atomic E-state index is 15.3. The first-order valence-electron chi connectivity index (χ1n) is 14.4. The lowest BCUT2D eigenvalue weighted by molar-refractivity contribution is -0.145. The van der Waals surface area contributed by atoms with Gasteiger partial charge in [-0.25, -0.2) is 8.78 Å². The molecule has 7 nitrogen and oxygen atoms in total. The van der Waals surface area contributed by atoms with E-state index in [4.69, 9.17) is 14.2 Å². The van der Waals surface area contributed by atoms with Crippen LogP contribution in [0.25, 0.3) is 0 Å². The number of benzene rings is 4. The van der Waals surface area contributed by atoms with Gasteiger partial charge in [-0.05, 0) is 66.6 Å². The summed E-state index contributed by atoms with van der Waals surface area (Å²) in [5, 5.41) is 3.18. The summed E-state index contributed by atoms with van der Waals surface area (Å²) < 4.78 is 46.9. The highest BCUT2D eigenvalue weighted by molar-refractivity contribution is 6.07. The molecule has 2 heterocycles. The molecule has 0 fully saturated rings. The van der Waals surface area contributed by atoms with Crippen LogP contribution in [-0.4, -0.2) is 43.6 Å².